The number of amides is 3. The molecule has 4 aliphatic heterocycles. The van der Waals surface area contributed by atoms with Crippen molar-refractivity contribution in [2.24, 2.45) is 11.8 Å². The fraction of sp³-hybridized carbons (Fsp3) is 0.486. The fourth-order valence-corrected chi connectivity index (χ4v) is 8.13. The third-order valence-corrected chi connectivity index (χ3v) is 10.3. The number of hydrogen-bond donors (Lipinski definition) is 1. The van der Waals surface area contributed by atoms with Crippen molar-refractivity contribution in [2.45, 2.75) is 43.1 Å². The van der Waals surface area contributed by atoms with Crippen LogP contribution in [0.1, 0.15) is 18.4 Å². The summed E-state index contributed by atoms with van der Waals surface area (Å²) in [5.74, 6) is -2.38. The van der Waals surface area contributed by atoms with Crippen LogP contribution >= 0.6 is 0 Å². The number of nitrogens with zero attached hydrogens (tertiary/aromatic N) is 4. The van der Waals surface area contributed by atoms with Gasteiger partial charge in [0.15, 0.2) is 0 Å². The first-order chi connectivity index (χ1) is 22.9. The summed E-state index contributed by atoms with van der Waals surface area (Å²) in [5.41, 5.74) is 0.467. The van der Waals surface area contributed by atoms with Gasteiger partial charge in [0.25, 0.3) is 0 Å². The molecule has 2 bridgehead atoms. The number of morpholine rings is 1. The molecule has 2 aromatic rings. The highest BCUT2D eigenvalue weighted by molar-refractivity contribution is 6.03. The van der Waals surface area contributed by atoms with Gasteiger partial charge in [-0.1, -0.05) is 60.7 Å². The first-order valence-corrected chi connectivity index (χ1v) is 16.8. The molecular weight excluding hydrogens is 596 g/mol. The van der Waals surface area contributed by atoms with Crippen molar-refractivity contribution in [3.05, 3.63) is 91.5 Å². The van der Waals surface area contributed by atoms with Crippen molar-refractivity contribution in [3.8, 4) is 0 Å². The second kappa shape index (κ2) is 14.5. The van der Waals surface area contributed by atoms with Gasteiger partial charge in [-0.25, -0.2) is 0 Å². The van der Waals surface area contributed by atoms with Gasteiger partial charge in [-0.2, -0.15) is 0 Å². The third kappa shape index (κ3) is 6.27. The van der Waals surface area contributed by atoms with Crippen LogP contribution in [-0.2, 0) is 30.3 Å². The Morgan fingerprint density at radius 2 is 1.68 bits per heavy atom. The number of anilines is 1. The number of aliphatic hydroxyl groups excluding tert-OH is 1. The SMILES string of the molecule is C=CCN(CCN1CCOCC1)C(=O)C1N([C@@H](CO)Cc2ccccc2)C(=O)[C@@H]2[C@@H](C(=O)N(CC=C)c3ccccc3)[C@H]3CCC12O3. The molecule has 4 fully saturated rings. The number of benzene rings is 2. The molecule has 4 heterocycles. The van der Waals surface area contributed by atoms with Crippen LogP contribution in [0.25, 0.3) is 0 Å². The van der Waals surface area contributed by atoms with E-state index in [0.29, 0.717) is 57.8 Å². The van der Waals surface area contributed by atoms with Crippen molar-refractivity contribution in [2.75, 3.05) is 64.0 Å². The summed E-state index contributed by atoms with van der Waals surface area (Å²) in [5, 5.41) is 10.8. The van der Waals surface area contributed by atoms with E-state index < -0.39 is 35.6 Å². The summed E-state index contributed by atoms with van der Waals surface area (Å²) in [7, 11) is 0. The molecule has 2 aromatic carbocycles. The molecule has 10 heteroatoms. The number of rotatable bonds is 14. The summed E-state index contributed by atoms with van der Waals surface area (Å²) >= 11 is 0. The molecule has 0 aromatic heterocycles. The average Bonchev–Trinajstić information content (AvgIpc) is 3.76. The van der Waals surface area contributed by atoms with E-state index in [9.17, 15) is 19.5 Å². The Kier molecular flexibility index (Phi) is 10.2. The van der Waals surface area contributed by atoms with Crippen LogP contribution in [0.5, 0.6) is 0 Å². The van der Waals surface area contributed by atoms with Crippen LogP contribution in [0.3, 0.4) is 0 Å². The molecule has 0 aliphatic carbocycles. The van der Waals surface area contributed by atoms with Crippen LogP contribution in [-0.4, -0.2) is 120 Å². The number of likely N-dealkylation sites (tertiary alicyclic amines) is 1. The summed E-state index contributed by atoms with van der Waals surface area (Å²) in [6.07, 6.45) is 4.28. The summed E-state index contributed by atoms with van der Waals surface area (Å²) in [4.78, 5) is 51.4. The first-order valence-electron chi connectivity index (χ1n) is 16.8. The van der Waals surface area contributed by atoms with Gasteiger partial charge in [-0.15, -0.1) is 13.2 Å². The molecular formula is C37H46N4O6. The molecule has 10 nitrogen and oxygen atoms in total. The lowest BCUT2D eigenvalue weighted by Crippen LogP contribution is -2.59. The van der Waals surface area contributed by atoms with Gasteiger partial charge in [0, 0.05) is 45.0 Å². The highest BCUT2D eigenvalue weighted by Gasteiger charge is 2.75. The van der Waals surface area contributed by atoms with Crippen LogP contribution in [0.15, 0.2) is 86.0 Å². The highest BCUT2D eigenvalue weighted by atomic mass is 16.5. The minimum atomic E-state index is -1.18. The third-order valence-electron chi connectivity index (χ3n) is 10.3. The van der Waals surface area contributed by atoms with Gasteiger partial charge in [-0.05, 0) is 37.0 Å². The predicted octanol–water partition coefficient (Wildman–Crippen LogP) is 2.53. The maximum absolute atomic E-state index is 14.9. The van der Waals surface area contributed by atoms with Gasteiger partial charge >= 0.3 is 0 Å². The van der Waals surface area contributed by atoms with Crippen molar-refractivity contribution < 1.29 is 29.0 Å². The van der Waals surface area contributed by atoms with E-state index in [-0.39, 0.29) is 30.9 Å². The lowest BCUT2D eigenvalue weighted by Gasteiger charge is -2.40. The van der Waals surface area contributed by atoms with Crippen LogP contribution in [0, 0.1) is 11.8 Å². The molecule has 1 N–H and O–H groups in total. The van der Waals surface area contributed by atoms with E-state index in [0.717, 1.165) is 18.7 Å². The van der Waals surface area contributed by atoms with E-state index in [1.54, 1.807) is 26.9 Å². The second-order valence-corrected chi connectivity index (χ2v) is 12.9. The number of carbonyl (C=O) groups is 3. The zero-order valence-electron chi connectivity index (χ0n) is 27.0. The van der Waals surface area contributed by atoms with E-state index in [2.05, 4.69) is 18.1 Å². The van der Waals surface area contributed by atoms with Gasteiger partial charge in [-0.3, -0.25) is 19.3 Å². The first kappa shape index (κ1) is 33.1. The molecule has 0 radical (unpaired) electrons. The number of fused-ring (bicyclic) bond motifs is 1. The number of hydrogen-bond acceptors (Lipinski definition) is 7. The van der Waals surface area contributed by atoms with E-state index in [4.69, 9.17) is 9.47 Å². The Bertz CT molecular complexity index is 1430. The quantitative estimate of drug-likeness (QED) is 0.316. The standard InChI is InChI=1S/C37H46N4O6/c1-3-17-39(20-19-38-21-23-46-24-22-38)36(45)33-37-16-15-30(47-37)31(34(43)40(18-4-2)28-13-9-6-10-14-28)32(37)35(44)41(33)29(26-42)25-27-11-7-5-8-12-27/h3-14,29-33,42H,1-2,15-26H2/t29-,30-,31+,32+,33?,37?/m1/s1. The van der Waals surface area contributed by atoms with Gasteiger partial charge in [0.1, 0.15) is 11.6 Å². The van der Waals surface area contributed by atoms with Crippen LogP contribution < -0.4 is 4.90 Å². The Morgan fingerprint density at radius 1 is 1.00 bits per heavy atom. The van der Waals surface area contributed by atoms with Gasteiger partial charge in [0.2, 0.25) is 17.7 Å². The molecule has 47 heavy (non-hydrogen) atoms. The fourth-order valence-electron chi connectivity index (χ4n) is 8.13. The highest BCUT2D eigenvalue weighted by Crippen LogP contribution is 2.59. The van der Waals surface area contributed by atoms with Crippen molar-refractivity contribution in [3.63, 3.8) is 0 Å². The number of para-hydroxylation sites is 1. The molecule has 250 valence electrons. The largest absolute Gasteiger partial charge is 0.394 e. The minimum Gasteiger partial charge on any atom is -0.394 e. The molecule has 2 unspecified atom stereocenters. The lowest BCUT2D eigenvalue weighted by molar-refractivity contribution is -0.151. The zero-order valence-corrected chi connectivity index (χ0v) is 27.0. The molecule has 1 spiro atoms. The molecule has 4 aliphatic rings. The number of carbonyl (C=O) groups excluding carboxylic acids is 3. The van der Waals surface area contributed by atoms with Crippen molar-refractivity contribution >= 4 is 23.4 Å². The Morgan fingerprint density at radius 3 is 2.34 bits per heavy atom. The number of ether oxygens (including phenoxy) is 2. The Balaban J connectivity index is 1.37. The summed E-state index contributed by atoms with van der Waals surface area (Å²) < 4.78 is 12.3. The molecule has 4 saturated heterocycles. The second-order valence-electron chi connectivity index (χ2n) is 12.9. The lowest BCUT2D eigenvalue weighted by atomic mass is 9.70. The van der Waals surface area contributed by atoms with Gasteiger partial charge in [0.05, 0.1) is 43.8 Å². The monoisotopic (exact) mass is 642 g/mol. The normalized spacial score (nSPS) is 27.3. The summed E-state index contributed by atoms with van der Waals surface area (Å²) in [6, 6.07) is 17.3. The average molecular weight is 643 g/mol. The number of aliphatic hydroxyl groups is 1. The smallest absolute Gasteiger partial charge is 0.248 e. The van der Waals surface area contributed by atoms with E-state index in [1.165, 1.54) is 0 Å². The maximum atomic E-state index is 14.9. The maximum Gasteiger partial charge on any atom is 0.248 e. The molecule has 6 atom stereocenters. The molecule has 0 saturated carbocycles. The van der Waals surface area contributed by atoms with Crippen LogP contribution in [0.4, 0.5) is 5.69 Å². The Hall–Kier alpha value is -3.83. The van der Waals surface area contributed by atoms with Crippen molar-refractivity contribution in [1.82, 2.24) is 14.7 Å². The minimum absolute atomic E-state index is 0.215. The van der Waals surface area contributed by atoms with E-state index in [1.807, 2.05) is 60.7 Å². The summed E-state index contributed by atoms with van der Waals surface area (Å²) in [6.45, 7) is 12.0. The van der Waals surface area contributed by atoms with Crippen molar-refractivity contribution in [1.29, 1.82) is 0 Å². The molecule has 3 amide bonds. The van der Waals surface area contributed by atoms with Crippen LogP contribution in [0.2, 0.25) is 0 Å². The zero-order chi connectivity index (χ0) is 33.0. The predicted molar refractivity (Wildman–Crippen MR) is 178 cm³/mol. The van der Waals surface area contributed by atoms with E-state index >= 15 is 0 Å². The van der Waals surface area contributed by atoms with Gasteiger partial charge < -0.3 is 29.3 Å². The Labute approximate surface area is 277 Å². The molecule has 6 rings (SSSR count). The topological polar surface area (TPSA) is 103 Å².